The Morgan fingerprint density at radius 1 is 0.692 bits per heavy atom. The summed E-state index contributed by atoms with van der Waals surface area (Å²) in [4.78, 5) is 10.4. The van der Waals surface area contributed by atoms with Crippen molar-refractivity contribution in [3.63, 3.8) is 0 Å². The zero-order valence-electron chi connectivity index (χ0n) is 24.0. The molecule has 6 rings (SSSR count). The molecule has 1 saturated heterocycles. The van der Waals surface area contributed by atoms with E-state index in [1.54, 1.807) is 0 Å². The van der Waals surface area contributed by atoms with Crippen LogP contribution in [-0.4, -0.2) is 28.8 Å². The van der Waals surface area contributed by atoms with Gasteiger partial charge in [0.15, 0.2) is 0 Å². The molecule has 4 nitrogen and oxygen atoms in total. The molecule has 1 atom stereocenters. The van der Waals surface area contributed by atoms with Gasteiger partial charge in [0.2, 0.25) is 0 Å². The molecule has 1 aromatic heterocycles. The third-order valence-electron chi connectivity index (χ3n) is 8.15. The summed E-state index contributed by atoms with van der Waals surface area (Å²) in [7, 11) is 0. The molecular formula is C35H38N4. The zero-order valence-corrected chi connectivity index (χ0v) is 24.0. The van der Waals surface area contributed by atoms with Crippen molar-refractivity contribution in [3.05, 3.63) is 112 Å². The summed E-state index contributed by atoms with van der Waals surface area (Å²) in [5.41, 5.74) is 14.2. The molecular weight excluding hydrogens is 476 g/mol. The van der Waals surface area contributed by atoms with Gasteiger partial charge in [-0.05, 0) is 75.9 Å². The molecule has 2 heterocycles. The van der Waals surface area contributed by atoms with Crippen LogP contribution in [0.1, 0.15) is 33.4 Å². The van der Waals surface area contributed by atoms with E-state index in [0.717, 1.165) is 36.7 Å². The Kier molecular flexibility index (Phi) is 6.42. The van der Waals surface area contributed by atoms with Crippen LogP contribution >= 0.6 is 0 Å². The van der Waals surface area contributed by atoms with Crippen LogP contribution in [0.4, 0.5) is 11.4 Å². The topological polar surface area (TPSA) is 24.3 Å². The fourth-order valence-electron chi connectivity index (χ4n) is 6.86. The lowest BCUT2D eigenvalue weighted by molar-refractivity contribution is 0.586. The van der Waals surface area contributed by atoms with E-state index in [1.165, 1.54) is 50.3 Å². The molecule has 4 aromatic carbocycles. The Labute approximate surface area is 232 Å². The van der Waals surface area contributed by atoms with Crippen LogP contribution in [0.15, 0.2) is 78.9 Å². The van der Waals surface area contributed by atoms with Gasteiger partial charge in [0, 0.05) is 30.0 Å². The standard InChI is InChI=1S/C35H38N4/c1-23-16-25(3)33(26(4)17-23)37-20-30(39(22-37)34-27(5)18-24(2)19-28(34)6)21-38-32-15-11-10-14-31(32)36-35(38)29-12-8-7-9-13-29/h7-19,30H,20-22H2,1-6H3. The monoisotopic (exact) mass is 514 g/mol. The van der Waals surface area contributed by atoms with Crippen LogP contribution in [-0.2, 0) is 6.54 Å². The molecule has 0 bridgehead atoms. The zero-order chi connectivity index (χ0) is 27.3. The van der Waals surface area contributed by atoms with Crippen molar-refractivity contribution in [2.75, 3.05) is 23.0 Å². The van der Waals surface area contributed by atoms with Gasteiger partial charge in [0.25, 0.3) is 0 Å². The predicted octanol–water partition coefficient (Wildman–Crippen LogP) is 7.91. The van der Waals surface area contributed by atoms with Crippen LogP contribution in [0, 0.1) is 41.5 Å². The number of aromatic nitrogens is 2. The highest BCUT2D eigenvalue weighted by atomic mass is 15.4. The van der Waals surface area contributed by atoms with E-state index in [0.29, 0.717) is 0 Å². The largest absolute Gasteiger partial charge is 0.351 e. The first kappa shape index (κ1) is 25.2. The molecule has 0 saturated carbocycles. The lowest BCUT2D eigenvalue weighted by atomic mass is 10.0. The maximum Gasteiger partial charge on any atom is 0.141 e. The number of anilines is 2. The molecule has 1 unspecified atom stereocenters. The highest BCUT2D eigenvalue weighted by Gasteiger charge is 2.34. The third-order valence-corrected chi connectivity index (χ3v) is 8.15. The maximum atomic E-state index is 5.12. The van der Waals surface area contributed by atoms with E-state index in [1.807, 2.05) is 0 Å². The van der Waals surface area contributed by atoms with Gasteiger partial charge in [-0.25, -0.2) is 4.98 Å². The second-order valence-electron chi connectivity index (χ2n) is 11.4. The maximum absolute atomic E-state index is 5.12. The second-order valence-corrected chi connectivity index (χ2v) is 11.4. The predicted molar refractivity (Wildman–Crippen MR) is 165 cm³/mol. The Balaban J connectivity index is 1.48. The van der Waals surface area contributed by atoms with Crippen molar-refractivity contribution >= 4 is 22.4 Å². The molecule has 39 heavy (non-hydrogen) atoms. The van der Waals surface area contributed by atoms with Crippen molar-refractivity contribution in [1.82, 2.24) is 9.55 Å². The highest BCUT2D eigenvalue weighted by molar-refractivity contribution is 5.81. The van der Waals surface area contributed by atoms with E-state index in [4.69, 9.17) is 4.98 Å². The van der Waals surface area contributed by atoms with E-state index < -0.39 is 0 Å². The van der Waals surface area contributed by atoms with Gasteiger partial charge in [-0.1, -0.05) is 77.9 Å². The number of para-hydroxylation sites is 2. The minimum Gasteiger partial charge on any atom is -0.351 e. The summed E-state index contributed by atoms with van der Waals surface area (Å²) in [5.74, 6) is 1.04. The van der Waals surface area contributed by atoms with Gasteiger partial charge in [-0.15, -0.1) is 0 Å². The summed E-state index contributed by atoms with van der Waals surface area (Å²) < 4.78 is 2.44. The minimum atomic E-state index is 0.283. The van der Waals surface area contributed by atoms with Crippen LogP contribution in [0.25, 0.3) is 22.4 Å². The molecule has 4 heteroatoms. The number of rotatable bonds is 5. The first-order valence-corrected chi connectivity index (χ1v) is 14.0. The Morgan fingerprint density at radius 3 is 1.90 bits per heavy atom. The number of fused-ring (bicyclic) bond motifs is 1. The number of benzene rings is 4. The van der Waals surface area contributed by atoms with Gasteiger partial charge < -0.3 is 14.4 Å². The van der Waals surface area contributed by atoms with Crippen LogP contribution in [0.3, 0.4) is 0 Å². The fourth-order valence-corrected chi connectivity index (χ4v) is 6.86. The first-order chi connectivity index (χ1) is 18.8. The molecule has 5 aromatic rings. The Morgan fingerprint density at radius 2 is 1.26 bits per heavy atom. The van der Waals surface area contributed by atoms with Crippen molar-refractivity contribution < 1.29 is 0 Å². The van der Waals surface area contributed by atoms with Gasteiger partial charge >= 0.3 is 0 Å². The summed E-state index contributed by atoms with van der Waals surface area (Å²) in [6.45, 7) is 16.1. The van der Waals surface area contributed by atoms with Gasteiger partial charge in [-0.2, -0.15) is 0 Å². The number of hydrogen-bond donors (Lipinski definition) is 0. The van der Waals surface area contributed by atoms with Crippen molar-refractivity contribution in [2.24, 2.45) is 0 Å². The van der Waals surface area contributed by atoms with Gasteiger partial charge in [0.1, 0.15) is 5.82 Å². The first-order valence-electron chi connectivity index (χ1n) is 14.0. The van der Waals surface area contributed by atoms with Crippen molar-refractivity contribution in [1.29, 1.82) is 0 Å². The van der Waals surface area contributed by atoms with E-state index in [-0.39, 0.29) is 6.04 Å². The SMILES string of the molecule is Cc1cc(C)c(N2CC(Cn3c(-c4ccccc4)nc4ccccc43)N(c3c(C)cc(C)cc3C)C2)c(C)c1. The number of hydrogen-bond acceptors (Lipinski definition) is 3. The third kappa shape index (κ3) is 4.58. The summed E-state index contributed by atoms with van der Waals surface area (Å²) >= 11 is 0. The van der Waals surface area contributed by atoms with E-state index >= 15 is 0 Å². The number of aryl methyl sites for hydroxylation is 6. The molecule has 0 aliphatic carbocycles. The average Bonchev–Trinajstić information content (AvgIpc) is 3.45. The highest BCUT2D eigenvalue weighted by Crippen LogP contribution is 2.37. The van der Waals surface area contributed by atoms with Crippen LogP contribution in [0.5, 0.6) is 0 Å². The number of nitrogens with zero attached hydrogens (tertiary/aromatic N) is 4. The molecule has 0 spiro atoms. The second kappa shape index (κ2) is 9.92. The quantitative estimate of drug-likeness (QED) is 0.238. The molecule has 0 radical (unpaired) electrons. The summed E-state index contributed by atoms with van der Waals surface area (Å²) in [5, 5.41) is 0. The Hall–Kier alpha value is -4.05. The summed E-state index contributed by atoms with van der Waals surface area (Å²) in [6.07, 6.45) is 0. The van der Waals surface area contributed by atoms with E-state index in [9.17, 15) is 0 Å². The molecule has 0 N–H and O–H groups in total. The average molecular weight is 515 g/mol. The molecule has 0 amide bonds. The normalized spacial score (nSPS) is 15.5. The minimum absolute atomic E-state index is 0.283. The van der Waals surface area contributed by atoms with Gasteiger partial charge in [0.05, 0.1) is 23.7 Å². The molecule has 1 fully saturated rings. The van der Waals surface area contributed by atoms with E-state index in [2.05, 4.69) is 135 Å². The van der Waals surface area contributed by atoms with Crippen molar-refractivity contribution in [2.45, 2.75) is 54.1 Å². The molecule has 198 valence electrons. The van der Waals surface area contributed by atoms with Gasteiger partial charge in [-0.3, -0.25) is 0 Å². The lowest BCUT2D eigenvalue weighted by Gasteiger charge is -2.30. The fraction of sp³-hybridized carbons (Fsp3) is 0.286. The van der Waals surface area contributed by atoms with Crippen molar-refractivity contribution in [3.8, 4) is 11.4 Å². The summed E-state index contributed by atoms with van der Waals surface area (Å²) in [6, 6.07) is 28.7. The molecule has 1 aliphatic heterocycles. The molecule has 1 aliphatic rings. The number of imidazole rings is 1. The van der Waals surface area contributed by atoms with Crippen LogP contribution < -0.4 is 9.80 Å². The smallest absolute Gasteiger partial charge is 0.141 e. The Bertz CT molecular complexity index is 1620. The lowest BCUT2D eigenvalue weighted by Crippen LogP contribution is -2.35. The van der Waals surface area contributed by atoms with Crippen LogP contribution in [0.2, 0.25) is 0 Å².